The van der Waals surface area contributed by atoms with Gasteiger partial charge in [0.25, 0.3) is 5.95 Å². The van der Waals surface area contributed by atoms with Gasteiger partial charge < -0.3 is 5.32 Å². The number of benzene rings is 1. The van der Waals surface area contributed by atoms with Crippen molar-refractivity contribution in [3.8, 4) is 5.95 Å². The van der Waals surface area contributed by atoms with Crippen molar-refractivity contribution >= 4 is 11.7 Å². The van der Waals surface area contributed by atoms with E-state index in [0.29, 0.717) is 24.2 Å². The average Bonchev–Trinajstić information content (AvgIpc) is 3.14. The molecule has 8 heteroatoms. The van der Waals surface area contributed by atoms with Crippen LogP contribution in [0.15, 0.2) is 36.4 Å². The first-order valence-electron chi connectivity index (χ1n) is 12.0. The van der Waals surface area contributed by atoms with Gasteiger partial charge in [-0.2, -0.15) is 9.78 Å². The van der Waals surface area contributed by atoms with Gasteiger partial charge >= 0.3 is 0 Å². The highest BCUT2D eigenvalue weighted by Crippen LogP contribution is 2.17. The maximum absolute atomic E-state index is 12.8. The third kappa shape index (κ3) is 6.07. The molecule has 0 radical (unpaired) electrons. The number of rotatable bonds is 7. The van der Waals surface area contributed by atoms with E-state index in [1.165, 1.54) is 11.1 Å². The summed E-state index contributed by atoms with van der Waals surface area (Å²) in [5.41, 5.74) is 5.24. The van der Waals surface area contributed by atoms with Crippen LogP contribution in [0.2, 0.25) is 0 Å². The van der Waals surface area contributed by atoms with Gasteiger partial charge in [-0.1, -0.05) is 38.1 Å². The fourth-order valence-corrected chi connectivity index (χ4v) is 4.30. The summed E-state index contributed by atoms with van der Waals surface area (Å²) in [6, 6.07) is 12.7. The molecule has 4 rings (SSSR count). The van der Waals surface area contributed by atoms with E-state index >= 15 is 0 Å². The highest BCUT2D eigenvalue weighted by molar-refractivity contribution is 5.91. The summed E-state index contributed by atoms with van der Waals surface area (Å²) < 4.78 is 1.61. The summed E-state index contributed by atoms with van der Waals surface area (Å²) in [5, 5.41) is 7.49. The second-order valence-corrected chi connectivity index (χ2v) is 9.53. The Labute approximate surface area is 202 Å². The van der Waals surface area contributed by atoms with Gasteiger partial charge in [0.05, 0.1) is 12.2 Å². The predicted octanol–water partition coefficient (Wildman–Crippen LogP) is 3.47. The molecule has 1 fully saturated rings. The lowest BCUT2D eigenvalue weighted by atomic mass is 10.0. The van der Waals surface area contributed by atoms with Gasteiger partial charge in [0, 0.05) is 50.2 Å². The second-order valence-electron chi connectivity index (χ2n) is 9.53. The summed E-state index contributed by atoms with van der Waals surface area (Å²) in [6.07, 6.45) is 0. The van der Waals surface area contributed by atoms with Crippen LogP contribution >= 0.6 is 0 Å². The summed E-state index contributed by atoms with van der Waals surface area (Å²) in [6.45, 7) is 15.1. The van der Waals surface area contributed by atoms with Crippen LogP contribution in [-0.4, -0.2) is 68.2 Å². The Morgan fingerprint density at radius 1 is 0.912 bits per heavy atom. The number of carbonyl (C=O) groups is 1. The zero-order chi connectivity index (χ0) is 24.2. The molecule has 0 bridgehead atoms. The van der Waals surface area contributed by atoms with Gasteiger partial charge in [0.2, 0.25) is 5.91 Å². The Morgan fingerprint density at radius 2 is 1.53 bits per heavy atom. The average molecular weight is 462 g/mol. The van der Waals surface area contributed by atoms with E-state index in [4.69, 9.17) is 0 Å². The molecule has 0 unspecified atom stereocenters. The standard InChI is InChI=1S/C26H35N7O/c1-18(2)23-8-6-22(7-9-23)16-31-10-12-32(13-11-31)17-25(34)29-24-15-21(5)30-33(24)26-27-19(3)14-20(4)28-26/h6-9,14-15,18H,10-13,16-17H2,1-5H3,(H,29,34). The van der Waals surface area contributed by atoms with Crippen LogP contribution in [0.3, 0.4) is 0 Å². The summed E-state index contributed by atoms with van der Waals surface area (Å²) >= 11 is 0. The van der Waals surface area contributed by atoms with Crippen LogP contribution in [-0.2, 0) is 11.3 Å². The van der Waals surface area contributed by atoms with Crippen molar-refractivity contribution in [2.24, 2.45) is 0 Å². The molecule has 1 saturated heterocycles. The number of anilines is 1. The molecule has 2 aromatic heterocycles. The number of nitrogens with one attached hydrogen (secondary N) is 1. The van der Waals surface area contributed by atoms with Crippen molar-refractivity contribution in [3.05, 3.63) is 64.6 Å². The van der Waals surface area contributed by atoms with E-state index in [2.05, 4.69) is 68.3 Å². The maximum Gasteiger partial charge on any atom is 0.252 e. The third-order valence-electron chi connectivity index (χ3n) is 6.14. The van der Waals surface area contributed by atoms with Crippen LogP contribution in [0.5, 0.6) is 0 Å². The molecule has 3 heterocycles. The van der Waals surface area contributed by atoms with Crippen molar-refractivity contribution in [3.63, 3.8) is 0 Å². The number of aromatic nitrogens is 4. The molecular weight excluding hydrogens is 426 g/mol. The van der Waals surface area contributed by atoms with Crippen LogP contribution in [0.4, 0.5) is 5.82 Å². The Hall–Kier alpha value is -3.10. The minimum atomic E-state index is -0.0525. The van der Waals surface area contributed by atoms with Crippen molar-refractivity contribution in [1.29, 1.82) is 0 Å². The number of nitrogens with zero attached hydrogens (tertiary/aromatic N) is 6. The molecule has 0 saturated carbocycles. The number of hydrogen-bond donors (Lipinski definition) is 1. The lowest BCUT2D eigenvalue weighted by Gasteiger charge is -2.34. The quantitative estimate of drug-likeness (QED) is 0.581. The molecule has 1 amide bonds. The van der Waals surface area contributed by atoms with Crippen LogP contribution in [0.1, 0.15) is 48.0 Å². The molecule has 0 aliphatic carbocycles. The largest absolute Gasteiger partial charge is 0.309 e. The molecule has 0 spiro atoms. The molecule has 180 valence electrons. The van der Waals surface area contributed by atoms with Gasteiger partial charge in [0.1, 0.15) is 5.82 Å². The second kappa shape index (κ2) is 10.4. The SMILES string of the molecule is Cc1cc(C)nc(-n2nc(C)cc2NC(=O)CN2CCN(Cc3ccc(C(C)C)cc3)CC2)n1. The number of aryl methyl sites for hydroxylation is 3. The van der Waals surface area contributed by atoms with E-state index in [0.717, 1.165) is 49.8 Å². The lowest BCUT2D eigenvalue weighted by Crippen LogP contribution is -2.48. The fourth-order valence-electron chi connectivity index (χ4n) is 4.30. The van der Waals surface area contributed by atoms with Crippen LogP contribution < -0.4 is 5.32 Å². The van der Waals surface area contributed by atoms with Gasteiger partial charge in [-0.05, 0) is 43.9 Å². The highest BCUT2D eigenvalue weighted by Gasteiger charge is 2.20. The number of piperazine rings is 1. The summed E-state index contributed by atoms with van der Waals surface area (Å²) in [5.74, 6) is 1.56. The highest BCUT2D eigenvalue weighted by atomic mass is 16.2. The first-order valence-corrected chi connectivity index (χ1v) is 12.0. The van der Waals surface area contributed by atoms with Gasteiger partial charge in [-0.15, -0.1) is 0 Å². The number of carbonyl (C=O) groups excluding carboxylic acids is 1. The minimum absolute atomic E-state index is 0.0525. The van der Waals surface area contributed by atoms with Crippen molar-refractivity contribution in [2.75, 3.05) is 38.0 Å². The zero-order valence-corrected chi connectivity index (χ0v) is 20.9. The first kappa shape index (κ1) is 24.0. The molecule has 34 heavy (non-hydrogen) atoms. The van der Waals surface area contributed by atoms with E-state index < -0.39 is 0 Å². The van der Waals surface area contributed by atoms with Crippen LogP contribution in [0.25, 0.3) is 5.95 Å². The maximum atomic E-state index is 12.8. The van der Waals surface area contributed by atoms with E-state index in [9.17, 15) is 4.79 Å². The smallest absolute Gasteiger partial charge is 0.252 e. The fraction of sp³-hybridized carbons (Fsp3) is 0.462. The zero-order valence-electron chi connectivity index (χ0n) is 20.9. The monoisotopic (exact) mass is 461 g/mol. The topological polar surface area (TPSA) is 79.2 Å². The van der Waals surface area contributed by atoms with Crippen molar-refractivity contribution in [2.45, 2.75) is 47.1 Å². The third-order valence-corrected chi connectivity index (χ3v) is 6.14. The Kier molecular flexibility index (Phi) is 7.38. The molecule has 0 atom stereocenters. The molecule has 3 aromatic rings. The summed E-state index contributed by atoms with van der Waals surface area (Å²) in [7, 11) is 0. The molecule has 1 aliphatic rings. The number of hydrogen-bond acceptors (Lipinski definition) is 6. The van der Waals surface area contributed by atoms with Gasteiger partial charge in [-0.3, -0.25) is 14.6 Å². The lowest BCUT2D eigenvalue weighted by molar-refractivity contribution is -0.117. The van der Waals surface area contributed by atoms with Crippen molar-refractivity contribution in [1.82, 2.24) is 29.5 Å². The Balaban J connectivity index is 1.30. The normalized spacial score (nSPS) is 15.1. The molecule has 1 aliphatic heterocycles. The van der Waals surface area contributed by atoms with E-state index in [-0.39, 0.29) is 5.91 Å². The summed E-state index contributed by atoms with van der Waals surface area (Å²) in [4.78, 5) is 26.4. The van der Waals surface area contributed by atoms with Gasteiger partial charge in [-0.25, -0.2) is 9.97 Å². The van der Waals surface area contributed by atoms with Crippen molar-refractivity contribution < 1.29 is 4.79 Å². The minimum Gasteiger partial charge on any atom is -0.309 e. The number of amides is 1. The van der Waals surface area contributed by atoms with Crippen LogP contribution in [0, 0.1) is 20.8 Å². The molecule has 8 nitrogen and oxygen atoms in total. The molecule has 1 N–H and O–H groups in total. The molecular formula is C26H35N7O. The Bertz CT molecular complexity index is 1110. The first-order chi connectivity index (χ1) is 16.3. The van der Waals surface area contributed by atoms with E-state index in [1.807, 2.05) is 32.9 Å². The van der Waals surface area contributed by atoms with Gasteiger partial charge in [0.15, 0.2) is 0 Å². The molecule has 1 aromatic carbocycles. The van der Waals surface area contributed by atoms with E-state index in [1.54, 1.807) is 4.68 Å². The Morgan fingerprint density at radius 3 is 2.15 bits per heavy atom. The predicted molar refractivity (Wildman–Crippen MR) is 134 cm³/mol.